The third-order valence-corrected chi connectivity index (χ3v) is 4.19. The molecule has 0 spiro atoms. The number of morpholine rings is 1. The van der Waals surface area contributed by atoms with Gasteiger partial charge in [-0.25, -0.2) is 0 Å². The van der Waals surface area contributed by atoms with Gasteiger partial charge in [-0.2, -0.15) is 0 Å². The average molecular weight is 327 g/mol. The molecule has 0 radical (unpaired) electrons. The molecule has 126 valence electrons. The summed E-state index contributed by atoms with van der Waals surface area (Å²) in [6.07, 6.45) is 0. The Morgan fingerprint density at radius 1 is 1.04 bits per heavy atom. The maximum atomic E-state index is 11.1. The molecule has 2 aromatic rings. The summed E-state index contributed by atoms with van der Waals surface area (Å²) in [7, 11) is 0. The Bertz CT molecular complexity index is 699. The zero-order chi connectivity index (χ0) is 16.8. The van der Waals surface area contributed by atoms with Crippen LogP contribution in [0.4, 0.5) is 11.4 Å². The number of para-hydroxylation sites is 2. The van der Waals surface area contributed by atoms with Crippen molar-refractivity contribution in [3.63, 3.8) is 0 Å². The van der Waals surface area contributed by atoms with Gasteiger partial charge < -0.3 is 10.1 Å². The fraction of sp³-hybridized carbons (Fsp3) is 0.333. The minimum absolute atomic E-state index is 0.100. The van der Waals surface area contributed by atoms with Gasteiger partial charge in [-0.1, -0.05) is 36.4 Å². The lowest BCUT2D eigenvalue weighted by atomic mass is 10.1. The molecule has 0 aromatic heterocycles. The molecule has 0 saturated carbocycles. The summed E-state index contributed by atoms with van der Waals surface area (Å²) < 4.78 is 5.39. The van der Waals surface area contributed by atoms with Crippen molar-refractivity contribution in [1.29, 1.82) is 0 Å². The molecule has 0 bridgehead atoms. The summed E-state index contributed by atoms with van der Waals surface area (Å²) in [5.74, 6) is 0. The number of benzene rings is 2. The van der Waals surface area contributed by atoms with Gasteiger partial charge in [0, 0.05) is 32.2 Å². The van der Waals surface area contributed by atoms with Crippen molar-refractivity contribution in [2.24, 2.45) is 0 Å². The highest BCUT2D eigenvalue weighted by molar-refractivity contribution is 5.61. The molecule has 1 saturated heterocycles. The lowest BCUT2D eigenvalue weighted by Gasteiger charge is -2.27. The topological polar surface area (TPSA) is 67.6 Å². The molecule has 0 aliphatic carbocycles. The molecule has 6 heteroatoms. The first-order chi connectivity index (χ1) is 11.7. The standard InChI is InChI=1S/C18H21N3O3/c22-21(23)18-8-4-3-7-17(18)19-13-15-5-1-2-6-16(15)14-20-9-11-24-12-10-20/h1-8,19H,9-14H2. The lowest BCUT2D eigenvalue weighted by molar-refractivity contribution is -0.384. The molecule has 24 heavy (non-hydrogen) atoms. The van der Waals surface area contributed by atoms with Crippen LogP contribution in [0.5, 0.6) is 0 Å². The molecule has 0 unspecified atom stereocenters. The SMILES string of the molecule is O=[N+]([O-])c1ccccc1NCc1ccccc1CN1CCOCC1. The largest absolute Gasteiger partial charge is 0.379 e. The van der Waals surface area contributed by atoms with Crippen molar-refractivity contribution in [3.8, 4) is 0 Å². The lowest BCUT2D eigenvalue weighted by Crippen LogP contribution is -2.35. The van der Waals surface area contributed by atoms with E-state index in [-0.39, 0.29) is 10.6 Å². The van der Waals surface area contributed by atoms with Crippen LogP contribution < -0.4 is 5.32 Å². The summed E-state index contributed by atoms with van der Waals surface area (Å²) in [4.78, 5) is 13.1. The minimum Gasteiger partial charge on any atom is -0.379 e. The van der Waals surface area contributed by atoms with Gasteiger partial charge in [-0.05, 0) is 17.2 Å². The van der Waals surface area contributed by atoms with Crippen molar-refractivity contribution in [2.45, 2.75) is 13.1 Å². The highest BCUT2D eigenvalue weighted by Crippen LogP contribution is 2.24. The first kappa shape index (κ1) is 16.4. The van der Waals surface area contributed by atoms with Gasteiger partial charge >= 0.3 is 0 Å². The molecule has 0 atom stereocenters. The van der Waals surface area contributed by atoms with E-state index < -0.39 is 0 Å². The van der Waals surface area contributed by atoms with Gasteiger partial charge in [0.05, 0.1) is 18.1 Å². The van der Waals surface area contributed by atoms with E-state index in [2.05, 4.69) is 22.3 Å². The molecule has 1 aliphatic rings. The van der Waals surface area contributed by atoms with Gasteiger partial charge in [-0.3, -0.25) is 15.0 Å². The third kappa shape index (κ3) is 4.10. The van der Waals surface area contributed by atoms with Gasteiger partial charge in [0.1, 0.15) is 5.69 Å². The van der Waals surface area contributed by atoms with E-state index in [1.54, 1.807) is 18.2 Å². The smallest absolute Gasteiger partial charge is 0.292 e. The summed E-state index contributed by atoms with van der Waals surface area (Å²) >= 11 is 0. The molecule has 2 aromatic carbocycles. The number of hydrogen-bond donors (Lipinski definition) is 1. The van der Waals surface area contributed by atoms with E-state index in [1.165, 1.54) is 11.6 Å². The molecule has 1 heterocycles. The van der Waals surface area contributed by atoms with E-state index in [0.717, 1.165) is 38.4 Å². The Labute approximate surface area is 141 Å². The molecule has 0 amide bonds. The molecule has 1 N–H and O–H groups in total. The summed E-state index contributed by atoms with van der Waals surface area (Å²) in [5, 5.41) is 14.3. The number of nitrogens with zero attached hydrogens (tertiary/aromatic N) is 2. The van der Waals surface area contributed by atoms with Crippen LogP contribution in [0.3, 0.4) is 0 Å². The normalized spacial score (nSPS) is 15.2. The first-order valence-corrected chi connectivity index (χ1v) is 8.08. The first-order valence-electron chi connectivity index (χ1n) is 8.08. The van der Waals surface area contributed by atoms with Crippen molar-refractivity contribution in [2.75, 3.05) is 31.6 Å². The molecular formula is C18H21N3O3. The van der Waals surface area contributed by atoms with Crippen LogP contribution in [-0.4, -0.2) is 36.1 Å². The summed E-state index contributed by atoms with van der Waals surface area (Å²) in [6, 6.07) is 14.9. The van der Waals surface area contributed by atoms with E-state index in [1.807, 2.05) is 12.1 Å². The van der Waals surface area contributed by atoms with Crippen LogP contribution in [0.1, 0.15) is 11.1 Å². The number of anilines is 1. The number of nitrogens with one attached hydrogen (secondary N) is 1. The van der Waals surface area contributed by atoms with Crippen molar-refractivity contribution >= 4 is 11.4 Å². The Balaban J connectivity index is 1.70. The maximum absolute atomic E-state index is 11.1. The van der Waals surface area contributed by atoms with Crippen LogP contribution in [0, 0.1) is 10.1 Å². The van der Waals surface area contributed by atoms with Crippen LogP contribution >= 0.6 is 0 Å². The molecular weight excluding hydrogens is 306 g/mol. The predicted octanol–water partition coefficient (Wildman–Crippen LogP) is 3.04. The number of hydrogen-bond acceptors (Lipinski definition) is 5. The van der Waals surface area contributed by atoms with Gasteiger partial charge in [-0.15, -0.1) is 0 Å². The highest BCUT2D eigenvalue weighted by Gasteiger charge is 2.14. The Hall–Kier alpha value is -2.44. The summed E-state index contributed by atoms with van der Waals surface area (Å²) in [5.41, 5.74) is 3.04. The van der Waals surface area contributed by atoms with Gasteiger partial charge in [0.25, 0.3) is 5.69 Å². The molecule has 1 aliphatic heterocycles. The number of nitro benzene ring substituents is 1. The van der Waals surface area contributed by atoms with E-state index in [0.29, 0.717) is 12.2 Å². The zero-order valence-corrected chi connectivity index (χ0v) is 13.5. The Kier molecular flexibility index (Phi) is 5.40. The fourth-order valence-electron chi connectivity index (χ4n) is 2.86. The molecule has 6 nitrogen and oxygen atoms in total. The molecule has 3 rings (SSSR count). The van der Waals surface area contributed by atoms with Crippen molar-refractivity contribution in [3.05, 3.63) is 69.8 Å². The average Bonchev–Trinajstić information content (AvgIpc) is 2.62. The van der Waals surface area contributed by atoms with Crippen molar-refractivity contribution in [1.82, 2.24) is 4.90 Å². The van der Waals surface area contributed by atoms with Crippen molar-refractivity contribution < 1.29 is 9.66 Å². The van der Waals surface area contributed by atoms with Gasteiger partial charge in [0.2, 0.25) is 0 Å². The summed E-state index contributed by atoms with van der Waals surface area (Å²) in [6.45, 7) is 4.86. The minimum atomic E-state index is -0.359. The second-order valence-corrected chi connectivity index (χ2v) is 5.79. The number of rotatable bonds is 6. The van der Waals surface area contributed by atoms with Crippen LogP contribution in [0.2, 0.25) is 0 Å². The fourth-order valence-corrected chi connectivity index (χ4v) is 2.86. The number of ether oxygens (including phenoxy) is 1. The van der Waals surface area contributed by atoms with Crippen LogP contribution in [0.25, 0.3) is 0 Å². The monoisotopic (exact) mass is 327 g/mol. The number of nitro groups is 1. The Morgan fingerprint density at radius 3 is 2.46 bits per heavy atom. The van der Waals surface area contributed by atoms with E-state index in [9.17, 15) is 10.1 Å². The van der Waals surface area contributed by atoms with Crippen LogP contribution in [-0.2, 0) is 17.8 Å². The highest BCUT2D eigenvalue weighted by atomic mass is 16.6. The maximum Gasteiger partial charge on any atom is 0.292 e. The second-order valence-electron chi connectivity index (χ2n) is 5.79. The third-order valence-electron chi connectivity index (χ3n) is 4.19. The Morgan fingerprint density at radius 2 is 1.71 bits per heavy atom. The van der Waals surface area contributed by atoms with Gasteiger partial charge in [0.15, 0.2) is 0 Å². The van der Waals surface area contributed by atoms with Crippen LogP contribution in [0.15, 0.2) is 48.5 Å². The second kappa shape index (κ2) is 7.90. The predicted molar refractivity (Wildman–Crippen MR) is 93.0 cm³/mol. The molecule has 1 fully saturated rings. The van der Waals surface area contributed by atoms with E-state index >= 15 is 0 Å². The van der Waals surface area contributed by atoms with E-state index in [4.69, 9.17) is 4.74 Å². The zero-order valence-electron chi connectivity index (χ0n) is 13.5. The quantitative estimate of drug-likeness (QED) is 0.652.